The van der Waals surface area contributed by atoms with Gasteiger partial charge in [0, 0.05) is 11.1 Å². The Bertz CT molecular complexity index is 1100. The molecule has 128 valence electrons. The first-order chi connectivity index (χ1) is 11.9. The lowest BCUT2D eigenvalue weighted by atomic mass is 10.1. The Hall–Kier alpha value is -2.93. The molecule has 0 aliphatic heterocycles. The van der Waals surface area contributed by atoms with E-state index in [1.54, 1.807) is 37.3 Å². The number of hydrogen-bond acceptors (Lipinski definition) is 4. The van der Waals surface area contributed by atoms with Gasteiger partial charge in [-0.2, -0.15) is 0 Å². The lowest BCUT2D eigenvalue weighted by molar-refractivity contribution is 0.102. The molecule has 0 bridgehead atoms. The topological polar surface area (TPSA) is 96.1 Å². The summed E-state index contributed by atoms with van der Waals surface area (Å²) >= 11 is 0. The first-order valence-corrected chi connectivity index (χ1v) is 9.32. The van der Waals surface area contributed by atoms with E-state index in [0.29, 0.717) is 16.5 Å². The number of rotatable bonds is 4. The molecule has 0 saturated carbocycles. The highest BCUT2D eigenvalue weighted by Gasteiger charge is 2.13. The summed E-state index contributed by atoms with van der Waals surface area (Å²) in [5.41, 5.74) is 0.232. The van der Waals surface area contributed by atoms with Crippen LogP contribution in [-0.2, 0) is 9.84 Å². The Kier molecular flexibility index (Phi) is 4.41. The van der Waals surface area contributed by atoms with Gasteiger partial charge in [0.15, 0.2) is 9.84 Å². The van der Waals surface area contributed by atoms with Crippen molar-refractivity contribution < 1.29 is 13.2 Å². The number of H-pyrrole nitrogens is 1. The van der Waals surface area contributed by atoms with E-state index in [0.717, 1.165) is 0 Å². The molecule has 0 aliphatic rings. The standard InChI is InChI=1S/C18H16N2O4S/c1-2-25(23,24)14-9-7-13(8-10-14)19-18(22)16-11-12-5-3-4-6-15(12)17(21)20-16/h3-11H,2H2,1H3,(H,19,22)(H,20,21). The molecule has 3 rings (SSSR count). The fourth-order valence-electron chi connectivity index (χ4n) is 2.44. The third kappa shape index (κ3) is 3.46. The van der Waals surface area contributed by atoms with Crippen LogP contribution in [0.25, 0.3) is 10.8 Å². The van der Waals surface area contributed by atoms with Crippen molar-refractivity contribution in [1.82, 2.24) is 4.98 Å². The van der Waals surface area contributed by atoms with Crippen LogP contribution in [0, 0.1) is 0 Å². The molecule has 0 radical (unpaired) electrons. The molecule has 2 aromatic carbocycles. The molecule has 0 spiro atoms. The molecule has 1 heterocycles. The monoisotopic (exact) mass is 356 g/mol. The number of amides is 1. The summed E-state index contributed by atoms with van der Waals surface area (Å²) < 4.78 is 23.6. The number of hydrogen-bond donors (Lipinski definition) is 2. The molecule has 1 aromatic heterocycles. The first kappa shape index (κ1) is 16.9. The van der Waals surface area contributed by atoms with E-state index in [-0.39, 0.29) is 21.9 Å². The van der Waals surface area contributed by atoms with Crippen LogP contribution in [0.2, 0.25) is 0 Å². The van der Waals surface area contributed by atoms with Gasteiger partial charge in [-0.05, 0) is 41.8 Å². The number of carbonyl (C=O) groups is 1. The molecule has 7 heteroatoms. The third-order valence-corrected chi connectivity index (χ3v) is 5.60. The van der Waals surface area contributed by atoms with Crippen molar-refractivity contribution in [3.05, 3.63) is 70.6 Å². The molecule has 0 atom stereocenters. The fourth-order valence-corrected chi connectivity index (χ4v) is 3.33. The predicted octanol–water partition coefficient (Wildman–Crippen LogP) is 2.57. The zero-order valence-electron chi connectivity index (χ0n) is 13.4. The van der Waals surface area contributed by atoms with Crippen LogP contribution in [0.5, 0.6) is 0 Å². The molecule has 2 N–H and O–H groups in total. The van der Waals surface area contributed by atoms with Gasteiger partial charge < -0.3 is 10.3 Å². The van der Waals surface area contributed by atoms with Crippen LogP contribution < -0.4 is 10.9 Å². The molecular formula is C18H16N2O4S. The maximum absolute atomic E-state index is 12.3. The van der Waals surface area contributed by atoms with Gasteiger partial charge in [-0.1, -0.05) is 25.1 Å². The van der Waals surface area contributed by atoms with Gasteiger partial charge in [-0.25, -0.2) is 8.42 Å². The molecule has 3 aromatic rings. The van der Waals surface area contributed by atoms with Crippen LogP contribution in [0.1, 0.15) is 17.4 Å². The predicted molar refractivity (Wildman–Crippen MR) is 96.7 cm³/mol. The summed E-state index contributed by atoms with van der Waals surface area (Å²) in [5.74, 6) is -0.467. The zero-order chi connectivity index (χ0) is 18.0. The lowest BCUT2D eigenvalue weighted by Crippen LogP contribution is -2.19. The highest BCUT2D eigenvalue weighted by molar-refractivity contribution is 7.91. The maximum Gasteiger partial charge on any atom is 0.272 e. The molecule has 0 fully saturated rings. The number of benzene rings is 2. The normalized spacial score (nSPS) is 11.4. The van der Waals surface area contributed by atoms with Gasteiger partial charge in [0.1, 0.15) is 5.69 Å². The minimum atomic E-state index is -3.29. The van der Waals surface area contributed by atoms with Crippen LogP contribution in [0.4, 0.5) is 5.69 Å². The summed E-state index contributed by atoms with van der Waals surface area (Å²) in [6.07, 6.45) is 0. The number of nitrogens with one attached hydrogen (secondary N) is 2. The molecule has 1 amide bonds. The van der Waals surface area contributed by atoms with Crippen molar-refractivity contribution >= 4 is 32.2 Å². The lowest BCUT2D eigenvalue weighted by Gasteiger charge is -2.07. The Balaban J connectivity index is 1.86. The Morgan fingerprint density at radius 2 is 1.76 bits per heavy atom. The van der Waals surface area contributed by atoms with E-state index in [9.17, 15) is 18.0 Å². The number of sulfone groups is 1. The average molecular weight is 356 g/mol. The number of carbonyl (C=O) groups excluding carboxylic acids is 1. The summed E-state index contributed by atoms with van der Waals surface area (Å²) in [5, 5.41) is 3.82. The zero-order valence-corrected chi connectivity index (χ0v) is 14.3. The second-order valence-electron chi connectivity index (χ2n) is 5.48. The van der Waals surface area contributed by atoms with Gasteiger partial charge in [0.2, 0.25) is 0 Å². The number of fused-ring (bicyclic) bond motifs is 1. The Morgan fingerprint density at radius 1 is 1.08 bits per heavy atom. The highest BCUT2D eigenvalue weighted by Crippen LogP contribution is 2.16. The van der Waals surface area contributed by atoms with Crippen LogP contribution >= 0.6 is 0 Å². The van der Waals surface area contributed by atoms with E-state index in [1.807, 2.05) is 0 Å². The van der Waals surface area contributed by atoms with Crippen molar-refractivity contribution in [3.63, 3.8) is 0 Å². The van der Waals surface area contributed by atoms with Gasteiger partial charge in [-0.15, -0.1) is 0 Å². The van der Waals surface area contributed by atoms with Gasteiger partial charge in [-0.3, -0.25) is 9.59 Å². The van der Waals surface area contributed by atoms with E-state index in [2.05, 4.69) is 10.3 Å². The molecule has 6 nitrogen and oxygen atoms in total. The van der Waals surface area contributed by atoms with Gasteiger partial charge in [0.25, 0.3) is 11.5 Å². The quantitative estimate of drug-likeness (QED) is 0.751. The summed E-state index contributed by atoms with van der Waals surface area (Å²) in [6.45, 7) is 1.57. The van der Waals surface area contributed by atoms with Crippen molar-refractivity contribution in [1.29, 1.82) is 0 Å². The largest absolute Gasteiger partial charge is 0.321 e. The van der Waals surface area contributed by atoms with E-state index >= 15 is 0 Å². The second-order valence-corrected chi connectivity index (χ2v) is 7.76. The first-order valence-electron chi connectivity index (χ1n) is 7.67. The summed E-state index contributed by atoms with van der Waals surface area (Å²) in [4.78, 5) is 27.1. The third-order valence-electron chi connectivity index (χ3n) is 3.85. The molecule has 0 saturated heterocycles. The van der Waals surface area contributed by atoms with E-state index < -0.39 is 15.7 Å². The van der Waals surface area contributed by atoms with Gasteiger partial charge >= 0.3 is 0 Å². The Labute approximate surface area is 144 Å². The SMILES string of the molecule is CCS(=O)(=O)c1ccc(NC(=O)c2cc3ccccc3c(=O)[nH]2)cc1. The van der Waals surface area contributed by atoms with Crippen LogP contribution in [0.15, 0.2) is 64.3 Å². The number of aromatic amines is 1. The molecule has 0 unspecified atom stereocenters. The van der Waals surface area contributed by atoms with Crippen molar-refractivity contribution in [2.75, 3.05) is 11.1 Å². The van der Waals surface area contributed by atoms with Crippen molar-refractivity contribution in [2.24, 2.45) is 0 Å². The average Bonchev–Trinajstić information content (AvgIpc) is 2.62. The van der Waals surface area contributed by atoms with E-state index in [4.69, 9.17) is 0 Å². The molecule has 25 heavy (non-hydrogen) atoms. The minimum absolute atomic E-state index is 0.0109. The van der Waals surface area contributed by atoms with Gasteiger partial charge in [0.05, 0.1) is 10.6 Å². The van der Waals surface area contributed by atoms with E-state index in [1.165, 1.54) is 24.3 Å². The number of anilines is 1. The van der Waals surface area contributed by atoms with Crippen LogP contribution in [0.3, 0.4) is 0 Å². The van der Waals surface area contributed by atoms with Crippen molar-refractivity contribution in [3.8, 4) is 0 Å². The number of aromatic nitrogens is 1. The summed E-state index contributed by atoms with van der Waals surface area (Å²) in [7, 11) is -3.29. The molecular weight excluding hydrogens is 340 g/mol. The second kappa shape index (κ2) is 6.52. The molecule has 0 aliphatic carbocycles. The summed E-state index contributed by atoms with van der Waals surface area (Å²) in [6, 6.07) is 14.5. The number of pyridine rings is 1. The van der Waals surface area contributed by atoms with Crippen molar-refractivity contribution in [2.45, 2.75) is 11.8 Å². The Morgan fingerprint density at radius 3 is 2.44 bits per heavy atom. The minimum Gasteiger partial charge on any atom is -0.321 e. The fraction of sp³-hybridized carbons (Fsp3) is 0.111. The highest BCUT2D eigenvalue weighted by atomic mass is 32.2. The maximum atomic E-state index is 12.3. The van der Waals surface area contributed by atoms with Crippen LogP contribution in [-0.4, -0.2) is 25.1 Å². The smallest absolute Gasteiger partial charge is 0.272 e.